The fourth-order valence-corrected chi connectivity index (χ4v) is 3.20. The van der Waals surface area contributed by atoms with Crippen LogP contribution in [0.4, 0.5) is 0 Å². The van der Waals surface area contributed by atoms with Gasteiger partial charge in [0.2, 0.25) is 5.43 Å². The summed E-state index contributed by atoms with van der Waals surface area (Å²) in [5.74, 6) is -0.813. The number of carbonyl (C=O) groups excluding carboxylic acids is 1. The van der Waals surface area contributed by atoms with Gasteiger partial charge in [-0.15, -0.1) is 12.4 Å². The van der Waals surface area contributed by atoms with Gasteiger partial charge in [0.05, 0.1) is 11.9 Å². The highest BCUT2D eigenvalue weighted by Gasteiger charge is 2.17. The van der Waals surface area contributed by atoms with Crippen LogP contribution in [0.2, 0.25) is 0 Å². The zero-order chi connectivity index (χ0) is 21.1. The third-order valence-corrected chi connectivity index (χ3v) is 4.91. The molecular formula is C23H33ClN2O4. The zero-order valence-corrected chi connectivity index (χ0v) is 18.4. The number of unbranched alkanes of at least 4 members (excludes halogenated alkanes) is 5. The molecule has 0 aliphatic carbocycles. The number of hydrogen-bond donors (Lipinski definition) is 2. The summed E-state index contributed by atoms with van der Waals surface area (Å²) in [5.41, 5.74) is 6.99. The van der Waals surface area contributed by atoms with Gasteiger partial charge >= 0.3 is 5.97 Å². The Morgan fingerprint density at radius 3 is 2.50 bits per heavy atom. The predicted octanol–water partition coefficient (Wildman–Crippen LogP) is 3.95. The van der Waals surface area contributed by atoms with Crippen LogP contribution in [0.15, 0.2) is 47.4 Å². The van der Waals surface area contributed by atoms with Gasteiger partial charge in [-0.2, -0.15) is 0 Å². The monoisotopic (exact) mass is 436 g/mol. The molecule has 1 aromatic carbocycles. The standard InChI is InChI=1S/C23H32N2O4.ClH/c1-2-3-4-5-6-10-13-25-16-22(27)21(26)15-19(25)17-29-23(28)20(24)14-18-11-8-7-9-12-18;/h7-9,11-12,15-16,20,27H,2-6,10,13-14,17,24H2,1H3;1H/t20-;/m0./s1. The molecule has 2 rings (SSSR count). The van der Waals surface area contributed by atoms with Crippen molar-refractivity contribution in [3.63, 3.8) is 0 Å². The highest BCUT2D eigenvalue weighted by molar-refractivity contribution is 5.85. The van der Waals surface area contributed by atoms with Gasteiger partial charge in [-0.05, 0) is 18.4 Å². The number of aromatic hydroxyl groups is 1. The van der Waals surface area contributed by atoms with E-state index in [0.717, 1.165) is 18.4 Å². The number of pyridine rings is 1. The summed E-state index contributed by atoms with van der Waals surface area (Å²) in [4.78, 5) is 24.1. The Morgan fingerprint density at radius 1 is 1.13 bits per heavy atom. The smallest absolute Gasteiger partial charge is 0.323 e. The van der Waals surface area contributed by atoms with E-state index in [0.29, 0.717) is 18.7 Å². The zero-order valence-electron chi connectivity index (χ0n) is 17.6. The number of hydrogen-bond acceptors (Lipinski definition) is 5. The van der Waals surface area contributed by atoms with Crippen LogP contribution in [0.1, 0.15) is 56.7 Å². The Hall–Kier alpha value is -2.31. The van der Waals surface area contributed by atoms with Gasteiger partial charge in [-0.1, -0.05) is 69.4 Å². The molecule has 30 heavy (non-hydrogen) atoms. The number of ether oxygens (including phenoxy) is 1. The van der Waals surface area contributed by atoms with Gasteiger partial charge in [0.1, 0.15) is 12.6 Å². The Bertz CT molecular complexity index is 824. The van der Waals surface area contributed by atoms with Gasteiger partial charge in [0, 0.05) is 12.6 Å². The third kappa shape index (κ3) is 8.59. The van der Waals surface area contributed by atoms with Gasteiger partial charge in [-0.3, -0.25) is 9.59 Å². The number of rotatable bonds is 12. The van der Waals surface area contributed by atoms with E-state index in [9.17, 15) is 14.7 Å². The van der Waals surface area contributed by atoms with Crippen molar-refractivity contribution in [2.24, 2.45) is 5.73 Å². The van der Waals surface area contributed by atoms with Crippen LogP contribution in [-0.4, -0.2) is 21.7 Å². The summed E-state index contributed by atoms with van der Waals surface area (Å²) >= 11 is 0. The number of nitrogens with zero attached hydrogens (tertiary/aromatic N) is 1. The number of carbonyl (C=O) groups is 1. The second-order valence-electron chi connectivity index (χ2n) is 7.38. The van der Waals surface area contributed by atoms with Crippen LogP contribution in [-0.2, 0) is 29.1 Å². The summed E-state index contributed by atoms with van der Waals surface area (Å²) in [6.45, 7) is 2.79. The molecule has 6 nitrogen and oxygen atoms in total. The molecule has 0 aliphatic heterocycles. The molecule has 0 radical (unpaired) electrons. The second-order valence-corrected chi connectivity index (χ2v) is 7.38. The van der Waals surface area contributed by atoms with Gasteiger partial charge < -0.3 is 20.1 Å². The van der Waals surface area contributed by atoms with Crippen molar-refractivity contribution < 1.29 is 14.6 Å². The van der Waals surface area contributed by atoms with Gasteiger partial charge in [0.15, 0.2) is 5.75 Å². The molecule has 0 spiro atoms. The minimum absolute atomic E-state index is 0. The second kappa shape index (κ2) is 13.8. The van der Waals surface area contributed by atoms with Gasteiger partial charge in [0.25, 0.3) is 0 Å². The average molecular weight is 437 g/mol. The van der Waals surface area contributed by atoms with Crippen LogP contribution in [0.25, 0.3) is 0 Å². The maximum Gasteiger partial charge on any atom is 0.323 e. The van der Waals surface area contributed by atoms with Crippen molar-refractivity contribution in [3.8, 4) is 5.75 Å². The number of benzene rings is 1. The predicted molar refractivity (Wildman–Crippen MR) is 121 cm³/mol. The summed E-state index contributed by atoms with van der Waals surface area (Å²) < 4.78 is 7.14. The largest absolute Gasteiger partial charge is 0.503 e. The minimum Gasteiger partial charge on any atom is -0.503 e. The third-order valence-electron chi connectivity index (χ3n) is 4.91. The molecule has 1 heterocycles. The average Bonchev–Trinajstić information content (AvgIpc) is 2.72. The lowest BCUT2D eigenvalue weighted by molar-refractivity contribution is -0.146. The molecule has 1 aromatic heterocycles. The fourth-order valence-electron chi connectivity index (χ4n) is 3.20. The lowest BCUT2D eigenvalue weighted by Gasteiger charge is -2.16. The first kappa shape index (κ1) is 25.7. The molecule has 0 unspecified atom stereocenters. The Morgan fingerprint density at radius 2 is 1.80 bits per heavy atom. The van der Waals surface area contributed by atoms with E-state index in [-0.39, 0.29) is 24.8 Å². The van der Waals surface area contributed by atoms with E-state index >= 15 is 0 Å². The number of nitrogens with two attached hydrogens (primary N) is 1. The van der Waals surface area contributed by atoms with Crippen molar-refractivity contribution in [2.75, 3.05) is 0 Å². The van der Waals surface area contributed by atoms with E-state index in [1.54, 1.807) is 4.57 Å². The first-order valence-corrected chi connectivity index (χ1v) is 10.4. The molecule has 0 bridgehead atoms. The molecular weight excluding hydrogens is 404 g/mol. The van der Waals surface area contributed by atoms with Crippen LogP contribution >= 0.6 is 12.4 Å². The molecule has 0 fully saturated rings. The molecule has 0 aliphatic rings. The molecule has 0 amide bonds. The molecule has 0 saturated heterocycles. The maximum absolute atomic E-state index is 12.3. The van der Waals surface area contributed by atoms with E-state index in [1.165, 1.54) is 37.9 Å². The van der Waals surface area contributed by atoms with E-state index in [2.05, 4.69) is 6.92 Å². The fraction of sp³-hybridized carbons (Fsp3) is 0.478. The highest BCUT2D eigenvalue weighted by Crippen LogP contribution is 2.12. The summed E-state index contributed by atoms with van der Waals surface area (Å²) in [6.07, 6.45) is 8.64. The quantitative estimate of drug-likeness (QED) is 0.388. The Labute approximate surface area is 184 Å². The van der Waals surface area contributed by atoms with Crippen molar-refractivity contribution >= 4 is 18.4 Å². The minimum atomic E-state index is -0.770. The van der Waals surface area contributed by atoms with E-state index in [1.807, 2.05) is 30.3 Å². The van der Waals surface area contributed by atoms with E-state index in [4.69, 9.17) is 10.5 Å². The molecule has 0 saturated carbocycles. The normalized spacial score (nSPS) is 11.5. The molecule has 3 N–H and O–H groups in total. The number of esters is 1. The topological polar surface area (TPSA) is 94.5 Å². The van der Waals surface area contributed by atoms with Crippen molar-refractivity contribution in [2.45, 2.75) is 71.1 Å². The van der Waals surface area contributed by atoms with Crippen molar-refractivity contribution in [1.29, 1.82) is 0 Å². The summed E-state index contributed by atoms with van der Waals surface area (Å²) in [7, 11) is 0. The van der Waals surface area contributed by atoms with Crippen molar-refractivity contribution in [1.82, 2.24) is 4.57 Å². The molecule has 2 aromatic rings. The molecule has 166 valence electrons. The SMILES string of the molecule is CCCCCCCCn1cc(O)c(=O)cc1COC(=O)[C@@H](N)Cc1ccccc1.Cl. The van der Waals surface area contributed by atoms with Crippen LogP contribution in [0.3, 0.4) is 0 Å². The molecule has 1 atom stereocenters. The first-order chi connectivity index (χ1) is 14.0. The number of halogens is 1. The summed E-state index contributed by atoms with van der Waals surface area (Å²) in [6, 6.07) is 10.1. The van der Waals surface area contributed by atoms with Gasteiger partial charge in [-0.25, -0.2) is 0 Å². The van der Waals surface area contributed by atoms with Crippen LogP contribution in [0.5, 0.6) is 5.75 Å². The summed E-state index contributed by atoms with van der Waals surface area (Å²) in [5, 5.41) is 9.77. The van der Waals surface area contributed by atoms with E-state index < -0.39 is 17.4 Å². The number of aryl methyl sites for hydroxylation is 1. The van der Waals surface area contributed by atoms with Crippen molar-refractivity contribution in [3.05, 3.63) is 64.1 Å². The Balaban J connectivity index is 0.00000450. The lowest BCUT2D eigenvalue weighted by atomic mass is 10.1. The lowest BCUT2D eigenvalue weighted by Crippen LogP contribution is -2.34. The first-order valence-electron chi connectivity index (χ1n) is 10.4. The number of aromatic nitrogens is 1. The van der Waals surface area contributed by atoms with Crippen LogP contribution in [0, 0.1) is 0 Å². The molecule has 7 heteroatoms. The highest BCUT2D eigenvalue weighted by atomic mass is 35.5. The maximum atomic E-state index is 12.3. The Kier molecular flexibility index (Phi) is 11.9. The van der Waals surface area contributed by atoms with Crippen LogP contribution < -0.4 is 11.2 Å².